The van der Waals surface area contributed by atoms with Crippen molar-refractivity contribution in [3.63, 3.8) is 0 Å². The van der Waals surface area contributed by atoms with Crippen LogP contribution < -0.4 is 0 Å². The Bertz CT molecular complexity index is 899. The maximum absolute atomic E-state index is 13.7. The van der Waals surface area contributed by atoms with Gasteiger partial charge in [-0.1, -0.05) is 12.1 Å². The molecule has 2 aromatic heterocycles. The van der Waals surface area contributed by atoms with Crippen LogP contribution in [0.15, 0.2) is 16.7 Å². The van der Waals surface area contributed by atoms with E-state index in [4.69, 9.17) is 4.52 Å². The molecule has 0 aliphatic carbocycles. The molecule has 0 aromatic carbocycles. The molecular weight excluding hydrogens is 408 g/mol. The lowest BCUT2D eigenvalue weighted by atomic mass is 9.99. The Kier molecular flexibility index (Phi) is 5.99. The molecule has 2 aromatic rings. The number of amides is 1. The first-order valence-electron chi connectivity index (χ1n) is 10.7. The van der Waals surface area contributed by atoms with Crippen LogP contribution >= 0.6 is 11.3 Å². The lowest BCUT2D eigenvalue weighted by Crippen LogP contribution is -2.42. The molecule has 2 unspecified atom stereocenters. The summed E-state index contributed by atoms with van der Waals surface area (Å²) in [5, 5.41) is 3.85. The smallest absolute Gasteiger partial charge is 0.304 e. The Morgan fingerprint density at radius 3 is 2.70 bits per heavy atom. The second-order valence-corrected chi connectivity index (χ2v) is 9.81. The first kappa shape index (κ1) is 21.4. The van der Waals surface area contributed by atoms with Gasteiger partial charge in [-0.2, -0.15) is 8.78 Å². The van der Waals surface area contributed by atoms with Crippen LogP contribution in [-0.2, 0) is 5.92 Å². The van der Waals surface area contributed by atoms with E-state index < -0.39 is 11.7 Å². The Labute approximate surface area is 180 Å². The number of aromatic nitrogens is 1. The SMILES string of the molecule is Cc1c(-c2ccc(C(=O)N3CCCC3C(C)CN3CCCC3)s2)noc1C(C)(F)F. The number of likely N-dealkylation sites (tertiary alicyclic amines) is 2. The van der Waals surface area contributed by atoms with Crippen molar-refractivity contribution in [2.45, 2.75) is 58.4 Å². The van der Waals surface area contributed by atoms with Gasteiger partial charge in [0, 0.05) is 31.6 Å². The standard InChI is InChI=1S/C22H29F2N3O2S/c1-14(13-26-10-4-5-11-26)16-7-6-12-27(16)21(28)18-9-8-17(30-18)19-15(2)20(29-25-19)22(3,23)24/h8-9,14,16H,4-7,10-13H2,1-3H3. The minimum atomic E-state index is -3.08. The second kappa shape index (κ2) is 8.38. The molecule has 0 radical (unpaired) electrons. The summed E-state index contributed by atoms with van der Waals surface area (Å²) >= 11 is 1.30. The first-order chi connectivity index (χ1) is 14.3. The molecule has 164 valence electrons. The van der Waals surface area contributed by atoms with Gasteiger partial charge in [-0.05, 0) is 63.7 Å². The van der Waals surface area contributed by atoms with Crippen molar-refractivity contribution in [1.82, 2.24) is 15.0 Å². The highest BCUT2D eigenvalue weighted by atomic mass is 32.1. The zero-order chi connectivity index (χ0) is 21.5. The highest BCUT2D eigenvalue weighted by Gasteiger charge is 2.36. The van der Waals surface area contributed by atoms with Crippen molar-refractivity contribution >= 4 is 17.2 Å². The van der Waals surface area contributed by atoms with Crippen molar-refractivity contribution in [2.24, 2.45) is 5.92 Å². The fourth-order valence-corrected chi connectivity index (χ4v) is 5.83. The molecule has 2 aliphatic rings. The molecule has 0 N–H and O–H groups in total. The highest BCUT2D eigenvalue weighted by molar-refractivity contribution is 7.17. The number of halogens is 2. The van der Waals surface area contributed by atoms with Crippen LogP contribution in [0.4, 0.5) is 8.78 Å². The lowest BCUT2D eigenvalue weighted by molar-refractivity contribution is -0.0112. The normalized spacial score (nSPS) is 21.5. The molecule has 2 aliphatic heterocycles. The molecule has 30 heavy (non-hydrogen) atoms. The zero-order valence-corrected chi connectivity index (χ0v) is 18.6. The summed E-state index contributed by atoms with van der Waals surface area (Å²) in [6, 6.07) is 3.81. The van der Waals surface area contributed by atoms with Crippen LogP contribution in [0.25, 0.3) is 10.6 Å². The molecule has 2 atom stereocenters. The highest BCUT2D eigenvalue weighted by Crippen LogP contribution is 2.38. The molecule has 4 rings (SSSR count). The van der Waals surface area contributed by atoms with Gasteiger partial charge in [-0.3, -0.25) is 4.79 Å². The predicted molar refractivity (Wildman–Crippen MR) is 113 cm³/mol. The molecule has 8 heteroatoms. The van der Waals surface area contributed by atoms with Crippen LogP contribution in [0.3, 0.4) is 0 Å². The van der Waals surface area contributed by atoms with E-state index in [-0.39, 0.29) is 11.9 Å². The molecule has 0 bridgehead atoms. The third kappa shape index (κ3) is 4.17. The summed E-state index contributed by atoms with van der Waals surface area (Å²) in [7, 11) is 0. The average molecular weight is 438 g/mol. The van der Waals surface area contributed by atoms with E-state index in [2.05, 4.69) is 17.0 Å². The average Bonchev–Trinajstić information content (AvgIpc) is 3.46. The van der Waals surface area contributed by atoms with Crippen LogP contribution in [0, 0.1) is 12.8 Å². The zero-order valence-electron chi connectivity index (χ0n) is 17.8. The van der Waals surface area contributed by atoms with Gasteiger partial charge in [0.2, 0.25) is 5.76 Å². The van der Waals surface area contributed by atoms with Crippen LogP contribution in [0.5, 0.6) is 0 Å². The summed E-state index contributed by atoms with van der Waals surface area (Å²) in [5.74, 6) is -3.04. The largest absolute Gasteiger partial charge is 0.354 e. The van der Waals surface area contributed by atoms with Crippen molar-refractivity contribution in [3.8, 4) is 10.6 Å². The Hall–Kier alpha value is -1.80. The van der Waals surface area contributed by atoms with Crippen LogP contribution in [-0.4, -0.2) is 53.1 Å². The van der Waals surface area contributed by atoms with E-state index in [1.807, 2.05) is 4.90 Å². The van der Waals surface area contributed by atoms with Gasteiger partial charge in [0.05, 0.1) is 9.75 Å². The number of hydrogen-bond acceptors (Lipinski definition) is 5. The van der Waals surface area contributed by atoms with E-state index >= 15 is 0 Å². The van der Waals surface area contributed by atoms with E-state index in [0.717, 1.165) is 45.9 Å². The van der Waals surface area contributed by atoms with Gasteiger partial charge in [-0.25, -0.2) is 0 Å². The summed E-state index contributed by atoms with van der Waals surface area (Å²) in [5.41, 5.74) is 0.706. The third-order valence-electron chi connectivity index (χ3n) is 6.33. The van der Waals surface area contributed by atoms with Crippen LogP contribution in [0.1, 0.15) is 60.5 Å². The molecule has 5 nitrogen and oxygen atoms in total. The first-order valence-corrected chi connectivity index (χ1v) is 11.6. The van der Waals surface area contributed by atoms with Gasteiger partial charge in [-0.15, -0.1) is 11.3 Å². The number of nitrogens with zero attached hydrogens (tertiary/aromatic N) is 3. The topological polar surface area (TPSA) is 49.6 Å². The summed E-state index contributed by atoms with van der Waals surface area (Å²) < 4.78 is 32.2. The predicted octanol–water partition coefficient (Wildman–Crippen LogP) is 5.16. The minimum Gasteiger partial charge on any atom is -0.354 e. The molecular formula is C22H29F2N3O2S. The number of thiophene rings is 1. The molecule has 4 heterocycles. The Balaban J connectivity index is 1.49. The number of rotatable bonds is 6. The molecule has 0 saturated carbocycles. The number of hydrogen-bond donors (Lipinski definition) is 0. The molecule has 0 spiro atoms. The quantitative estimate of drug-likeness (QED) is 0.626. The van der Waals surface area contributed by atoms with Crippen molar-refractivity contribution in [3.05, 3.63) is 28.3 Å². The number of carbonyl (C=O) groups is 1. The van der Waals surface area contributed by atoms with E-state index in [1.54, 1.807) is 19.1 Å². The number of alkyl halides is 2. The Morgan fingerprint density at radius 2 is 2.03 bits per heavy atom. The van der Waals surface area contributed by atoms with Gasteiger partial charge >= 0.3 is 5.92 Å². The number of carbonyl (C=O) groups excluding carboxylic acids is 1. The van der Waals surface area contributed by atoms with Crippen LogP contribution in [0.2, 0.25) is 0 Å². The van der Waals surface area contributed by atoms with E-state index in [0.29, 0.717) is 26.9 Å². The molecule has 1 amide bonds. The fraction of sp³-hybridized carbons (Fsp3) is 0.636. The monoisotopic (exact) mass is 437 g/mol. The summed E-state index contributed by atoms with van der Waals surface area (Å²) in [4.78, 5) is 19.1. The van der Waals surface area contributed by atoms with E-state index in [9.17, 15) is 13.6 Å². The molecule has 2 fully saturated rings. The van der Waals surface area contributed by atoms with Gasteiger partial charge in [0.15, 0.2) is 0 Å². The maximum atomic E-state index is 13.7. The lowest BCUT2D eigenvalue weighted by Gasteiger charge is -2.31. The summed E-state index contributed by atoms with van der Waals surface area (Å²) in [6.07, 6.45) is 4.60. The second-order valence-electron chi connectivity index (χ2n) is 8.73. The fourth-order valence-electron chi connectivity index (χ4n) is 4.83. The summed E-state index contributed by atoms with van der Waals surface area (Å²) in [6.45, 7) is 8.76. The van der Waals surface area contributed by atoms with Crippen molar-refractivity contribution in [1.29, 1.82) is 0 Å². The van der Waals surface area contributed by atoms with E-state index in [1.165, 1.54) is 24.2 Å². The van der Waals surface area contributed by atoms with Gasteiger partial charge in [0.25, 0.3) is 5.91 Å². The van der Waals surface area contributed by atoms with Gasteiger partial charge < -0.3 is 14.3 Å². The minimum absolute atomic E-state index is 0.0317. The molecule has 2 saturated heterocycles. The maximum Gasteiger partial charge on any atom is 0.304 e. The van der Waals surface area contributed by atoms with Crippen molar-refractivity contribution < 1.29 is 18.1 Å². The third-order valence-corrected chi connectivity index (χ3v) is 7.41. The van der Waals surface area contributed by atoms with Crippen molar-refractivity contribution in [2.75, 3.05) is 26.2 Å². The van der Waals surface area contributed by atoms with Gasteiger partial charge in [0.1, 0.15) is 5.69 Å². The Morgan fingerprint density at radius 1 is 1.30 bits per heavy atom.